The Bertz CT molecular complexity index is 548. The highest BCUT2D eigenvalue weighted by Crippen LogP contribution is 2.31. The summed E-state index contributed by atoms with van der Waals surface area (Å²) in [6, 6.07) is 5.81. The van der Waals surface area contributed by atoms with E-state index in [2.05, 4.69) is 20.9 Å². The van der Waals surface area contributed by atoms with Crippen LogP contribution in [0, 0.1) is 5.82 Å². The molecule has 0 aliphatic carbocycles. The van der Waals surface area contributed by atoms with Crippen LogP contribution >= 0.6 is 27.5 Å². The van der Waals surface area contributed by atoms with Gasteiger partial charge in [0.2, 0.25) is 5.88 Å². The standard InChI is InChI=1S/C11H7BrClFN2O/c12-7-3-9(15)10(4-8(7)14)17-11-2-1-6(13)5-16-11/h1-5H,15H2. The average Bonchev–Trinajstić information content (AvgIpc) is 2.29. The second kappa shape index (κ2) is 4.89. The summed E-state index contributed by atoms with van der Waals surface area (Å²) in [5.41, 5.74) is 6.01. The average molecular weight is 318 g/mol. The molecule has 0 aliphatic heterocycles. The normalized spacial score (nSPS) is 10.3. The number of rotatable bonds is 2. The van der Waals surface area contributed by atoms with E-state index in [1.807, 2.05) is 0 Å². The summed E-state index contributed by atoms with van der Waals surface area (Å²) < 4.78 is 18.9. The van der Waals surface area contributed by atoms with Crippen molar-refractivity contribution >= 4 is 33.2 Å². The minimum absolute atomic E-state index is 0.209. The van der Waals surface area contributed by atoms with E-state index in [1.165, 1.54) is 18.3 Å². The van der Waals surface area contributed by atoms with Gasteiger partial charge in [-0.2, -0.15) is 0 Å². The van der Waals surface area contributed by atoms with Crippen LogP contribution in [0.4, 0.5) is 10.1 Å². The minimum Gasteiger partial charge on any atom is -0.437 e. The van der Waals surface area contributed by atoms with E-state index in [1.54, 1.807) is 12.1 Å². The maximum atomic E-state index is 13.3. The lowest BCUT2D eigenvalue weighted by Gasteiger charge is -2.08. The van der Waals surface area contributed by atoms with E-state index in [0.717, 1.165) is 0 Å². The molecule has 0 saturated carbocycles. The molecular weight excluding hydrogens is 310 g/mol. The van der Waals surface area contributed by atoms with Gasteiger partial charge in [-0.15, -0.1) is 0 Å². The van der Waals surface area contributed by atoms with E-state index >= 15 is 0 Å². The number of anilines is 1. The van der Waals surface area contributed by atoms with Crippen LogP contribution in [0.2, 0.25) is 5.02 Å². The van der Waals surface area contributed by atoms with Gasteiger partial charge in [0.15, 0.2) is 5.75 Å². The van der Waals surface area contributed by atoms with Crippen molar-refractivity contribution in [2.45, 2.75) is 0 Å². The second-order valence-electron chi connectivity index (χ2n) is 3.22. The van der Waals surface area contributed by atoms with Crippen molar-refractivity contribution < 1.29 is 9.13 Å². The first-order valence-electron chi connectivity index (χ1n) is 4.60. The lowest BCUT2D eigenvalue weighted by atomic mass is 10.3. The Morgan fingerprint density at radius 3 is 2.76 bits per heavy atom. The first-order valence-corrected chi connectivity index (χ1v) is 5.77. The molecule has 0 fully saturated rings. The number of pyridine rings is 1. The molecule has 1 aromatic carbocycles. The van der Waals surface area contributed by atoms with E-state index in [0.29, 0.717) is 16.6 Å². The van der Waals surface area contributed by atoms with Crippen molar-refractivity contribution in [3.8, 4) is 11.6 Å². The lowest BCUT2D eigenvalue weighted by Crippen LogP contribution is -1.95. The largest absolute Gasteiger partial charge is 0.437 e. The zero-order valence-corrected chi connectivity index (χ0v) is 10.8. The number of nitrogens with zero attached hydrogens (tertiary/aromatic N) is 1. The van der Waals surface area contributed by atoms with Gasteiger partial charge < -0.3 is 10.5 Å². The van der Waals surface area contributed by atoms with E-state index in [4.69, 9.17) is 22.1 Å². The van der Waals surface area contributed by atoms with Gasteiger partial charge in [-0.3, -0.25) is 0 Å². The predicted octanol–water partition coefficient (Wildman–Crippen LogP) is 4.01. The fraction of sp³-hybridized carbons (Fsp3) is 0. The number of hydrogen-bond acceptors (Lipinski definition) is 3. The molecule has 6 heteroatoms. The maximum absolute atomic E-state index is 13.3. The molecule has 0 amide bonds. The van der Waals surface area contributed by atoms with Gasteiger partial charge >= 0.3 is 0 Å². The predicted molar refractivity (Wildman–Crippen MR) is 67.8 cm³/mol. The lowest BCUT2D eigenvalue weighted by molar-refractivity contribution is 0.460. The molecule has 88 valence electrons. The Hall–Kier alpha value is -1.33. The molecule has 1 heterocycles. The fourth-order valence-corrected chi connectivity index (χ4v) is 1.64. The molecule has 2 aromatic rings. The van der Waals surface area contributed by atoms with Gasteiger partial charge in [0.25, 0.3) is 0 Å². The van der Waals surface area contributed by atoms with Gasteiger partial charge in [0.1, 0.15) is 5.82 Å². The summed E-state index contributed by atoms with van der Waals surface area (Å²) in [5.74, 6) is 0.0477. The summed E-state index contributed by atoms with van der Waals surface area (Å²) in [4.78, 5) is 3.92. The quantitative estimate of drug-likeness (QED) is 0.851. The fourth-order valence-electron chi connectivity index (χ4n) is 1.17. The molecule has 0 radical (unpaired) electrons. The van der Waals surface area contributed by atoms with E-state index < -0.39 is 5.82 Å². The number of benzene rings is 1. The van der Waals surface area contributed by atoms with Crippen LogP contribution < -0.4 is 10.5 Å². The monoisotopic (exact) mass is 316 g/mol. The van der Waals surface area contributed by atoms with Crippen LogP contribution in [0.25, 0.3) is 0 Å². The van der Waals surface area contributed by atoms with Crippen molar-refractivity contribution in [1.29, 1.82) is 0 Å². The molecule has 1 aromatic heterocycles. The topological polar surface area (TPSA) is 48.1 Å². The van der Waals surface area contributed by atoms with Crippen molar-refractivity contribution in [2.24, 2.45) is 0 Å². The van der Waals surface area contributed by atoms with Gasteiger partial charge in [-0.25, -0.2) is 9.37 Å². The molecule has 0 saturated heterocycles. The second-order valence-corrected chi connectivity index (χ2v) is 4.51. The number of halogens is 3. The van der Waals surface area contributed by atoms with Crippen LogP contribution in [-0.2, 0) is 0 Å². The third kappa shape index (κ3) is 2.87. The number of nitrogens with two attached hydrogens (primary N) is 1. The zero-order valence-electron chi connectivity index (χ0n) is 8.45. The number of ether oxygens (including phenoxy) is 1. The number of nitrogen functional groups attached to an aromatic ring is 1. The third-order valence-electron chi connectivity index (χ3n) is 1.97. The SMILES string of the molecule is Nc1cc(Br)c(F)cc1Oc1ccc(Cl)cn1. The van der Waals surface area contributed by atoms with Crippen LogP contribution in [0.5, 0.6) is 11.6 Å². The highest BCUT2D eigenvalue weighted by Gasteiger charge is 2.08. The van der Waals surface area contributed by atoms with Gasteiger partial charge in [0.05, 0.1) is 15.2 Å². The van der Waals surface area contributed by atoms with E-state index in [9.17, 15) is 4.39 Å². The van der Waals surface area contributed by atoms with Crippen LogP contribution in [0.15, 0.2) is 34.9 Å². The number of aromatic nitrogens is 1. The highest BCUT2D eigenvalue weighted by atomic mass is 79.9. The van der Waals surface area contributed by atoms with Crippen molar-refractivity contribution in [1.82, 2.24) is 4.98 Å². The highest BCUT2D eigenvalue weighted by molar-refractivity contribution is 9.10. The molecule has 2 rings (SSSR count). The molecule has 0 aliphatic rings. The molecule has 0 bridgehead atoms. The first-order chi connectivity index (χ1) is 8.06. The Morgan fingerprint density at radius 2 is 2.12 bits per heavy atom. The summed E-state index contributed by atoms with van der Waals surface area (Å²) in [6.07, 6.45) is 1.43. The van der Waals surface area contributed by atoms with E-state index in [-0.39, 0.29) is 10.2 Å². The molecular formula is C11H7BrClFN2O. The molecule has 0 spiro atoms. The van der Waals surface area contributed by atoms with Crippen LogP contribution in [0.3, 0.4) is 0 Å². The van der Waals surface area contributed by atoms with Crippen molar-refractivity contribution in [2.75, 3.05) is 5.73 Å². The van der Waals surface area contributed by atoms with Gasteiger partial charge in [0, 0.05) is 18.3 Å². The Kier molecular flexibility index (Phi) is 3.49. The Morgan fingerprint density at radius 1 is 1.35 bits per heavy atom. The maximum Gasteiger partial charge on any atom is 0.219 e. The summed E-state index contributed by atoms with van der Waals surface area (Å²) in [5, 5.41) is 0.493. The van der Waals surface area contributed by atoms with Crippen LogP contribution in [0.1, 0.15) is 0 Å². The summed E-state index contributed by atoms with van der Waals surface area (Å²) in [7, 11) is 0. The Balaban J connectivity index is 2.30. The first kappa shape index (κ1) is 12.1. The minimum atomic E-state index is -0.455. The summed E-state index contributed by atoms with van der Waals surface area (Å²) in [6.45, 7) is 0. The Labute approximate surface area is 110 Å². The summed E-state index contributed by atoms with van der Waals surface area (Å²) >= 11 is 8.71. The van der Waals surface area contributed by atoms with Crippen molar-refractivity contribution in [3.63, 3.8) is 0 Å². The van der Waals surface area contributed by atoms with Gasteiger partial charge in [-0.05, 0) is 28.1 Å². The molecule has 0 atom stereocenters. The molecule has 2 N–H and O–H groups in total. The third-order valence-corrected chi connectivity index (χ3v) is 2.80. The molecule has 0 unspecified atom stereocenters. The zero-order chi connectivity index (χ0) is 12.4. The molecule has 3 nitrogen and oxygen atoms in total. The smallest absolute Gasteiger partial charge is 0.219 e. The van der Waals surface area contributed by atoms with Crippen molar-refractivity contribution in [3.05, 3.63) is 45.8 Å². The van der Waals surface area contributed by atoms with Gasteiger partial charge in [-0.1, -0.05) is 11.6 Å². The van der Waals surface area contributed by atoms with Crippen LogP contribution in [-0.4, -0.2) is 4.98 Å². The molecule has 17 heavy (non-hydrogen) atoms. The number of hydrogen-bond donors (Lipinski definition) is 1.